The number of amides is 2. The van der Waals surface area contributed by atoms with Gasteiger partial charge in [0, 0.05) is 29.6 Å². The van der Waals surface area contributed by atoms with Crippen LogP contribution in [0.5, 0.6) is 0 Å². The van der Waals surface area contributed by atoms with E-state index in [4.69, 9.17) is 0 Å². The Kier molecular flexibility index (Phi) is 5.21. The van der Waals surface area contributed by atoms with Gasteiger partial charge in [0.05, 0.1) is 17.6 Å². The van der Waals surface area contributed by atoms with Crippen LogP contribution in [0.15, 0.2) is 65.6 Å². The second-order valence-electron chi connectivity index (χ2n) is 8.08. The molecule has 5 rings (SSSR count). The summed E-state index contributed by atoms with van der Waals surface area (Å²) in [6.07, 6.45) is 3.69. The van der Waals surface area contributed by atoms with Crippen molar-refractivity contribution in [2.24, 2.45) is 0 Å². The van der Waals surface area contributed by atoms with E-state index in [9.17, 15) is 14.4 Å². The molecule has 33 heavy (non-hydrogen) atoms. The van der Waals surface area contributed by atoms with E-state index in [2.05, 4.69) is 20.8 Å². The molecule has 0 unspecified atom stereocenters. The molecule has 2 amide bonds. The van der Waals surface area contributed by atoms with E-state index in [1.165, 1.54) is 11.6 Å². The summed E-state index contributed by atoms with van der Waals surface area (Å²) in [6.45, 7) is 1.21. The molecule has 4 aromatic rings. The first-order valence-corrected chi connectivity index (χ1v) is 10.7. The summed E-state index contributed by atoms with van der Waals surface area (Å²) in [5.74, 6) is -0.269. The fraction of sp³-hybridized carbons (Fsp3) is 0.208. The number of carbonyl (C=O) groups is 2. The van der Waals surface area contributed by atoms with Crippen molar-refractivity contribution >= 4 is 34.1 Å². The molecule has 0 bridgehead atoms. The molecule has 2 heterocycles. The van der Waals surface area contributed by atoms with E-state index in [-0.39, 0.29) is 29.8 Å². The quantitative estimate of drug-likeness (QED) is 0.477. The van der Waals surface area contributed by atoms with E-state index in [0.717, 1.165) is 29.6 Å². The highest BCUT2D eigenvalue weighted by atomic mass is 16.2. The van der Waals surface area contributed by atoms with Crippen molar-refractivity contribution in [2.45, 2.75) is 32.2 Å². The first-order chi connectivity index (χ1) is 16.0. The average molecular weight is 442 g/mol. The number of carbonyl (C=O) groups excluding carboxylic acids is 2. The molecule has 0 radical (unpaired) electrons. The van der Waals surface area contributed by atoms with Crippen molar-refractivity contribution in [1.82, 2.24) is 19.6 Å². The molecule has 0 spiro atoms. The fourth-order valence-electron chi connectivity index (χ4n) is 3.80. The molecule has 166 valence electrons. The fourth-order valence-corrected chi connectivity index (χ4v) is 3.80. The second-order valence-corrected chi connectivity index (χ2v) is 8.08. The average Bonchev–Trinajstić information content (AvgIpc) is 3.55. The minimum absolute atomic E-state index is 0.172. The molecular weight excluding hydrogens is 420 g/mol. The van der Waals surface area contributed by atoms with Crippen molar-refractivity contribution in [3.8, 4) is 5.69 Å². The molecular formula is C24H22N6O3. The maximum Gasteiger partial charge on any atom is 0.293 e. The molecule has 0 atom stereocenters. The van der Waals surface area contributed by atoms with Gasteiger partial charge in [-0.05, 0) is 49.2 Å². The Morgan fingerprint density at radius 1 is 1.00 bits per heavy atom. The molecule has 9 heteroatoms. The zero-order valence-corrected chi connectivity index (χ0v) is 18.0. The highest BCUT2D eigenvalue weighted by Gasteiger charge is 2.30. The summed E-state index contributed by atoms with van der Waals surface area (Å²) in [7, 11) is 0. The maximum atomic E-state index is 13.3. The van der Waals surface area contributed by atoms with Gasteiger partial charge in [-0.3, -0.25) is 14.4 Å². The summed E-state index contributed by atoms with van der Waals surface area (Å²) in [5, 5.41) is 15.2. The summed E-state index contributed by atoms with van der Waals surface area (Å²) in [4.78, 5) is 37.2. The lowest BCUT2D eigenvalue weighted by atomic mass is 10.2. The van der Waals surface area contributed by atoms with Crippen molar-refractivity contribution < 1.29 is 9.59 Å². The Morgan fingerprint density at radius 2 is 1.67 bits per heavy atom. The Balaban J connectivity index is 1.45. The highest BCUT2D eigenvalue weighted by molar-refractivity contribution is 5.92. The predicted molar refractivity (Wildman–Crippen MR) is 124 cm³/mol. The number of para-hydroxylation sites is 1. The molecule has 2 aromatic heterocycles. The Morgan fingerprint density at radius 3 is 2.30 bits per heavy atom. The van der Waals surface area contributed by atoms with Crippen molar-refractivity contribution in [3.05, 3.63) is 76.8 Å². The van der Waals surface area contributed by atoms with Gasteiger partial charge in [-0.2, -0.15) is 10.2 Å². The number of benzene rings is 2. The number of rotatable bonds is 6. The Hall–Kier alpha value is -4.27. The SMILES string of the molecule is CC(=O)Nc1ccc(NC(=O)Cn2nc(C3CC3)c3cnn(-c4ccccc4)c3c2=O)cc1. The Labute approximate surface area is 189 Å². The molecule has 1 fully saturated rings. The number of nitrogens with one attached hydrogen (secondary N) is 2. The lowest BCUT2D eigenvalue weighted by Crippen LogP contribution is -2.31. The van der Waals surface area contributed by atoms with Crippen LogP contribution < -0.4 is 16.2 Å². The van der Waals surface area contributed by atoms with Crippen molar-refractivity contribution in [2.75, 3.05) is 10.6 Å². The minimum atomic E-state index is -0.372. The molecule has 1 aliphatic carbocycles. The standard InChI is InChI=1S/C24H22N6O3/c1-15(31)26-17-9-11-18(12-10-17)27-21(32)14-29-24(33)23-20(22(28-29)16-7-8-16)13-25-30(23)19-5-3-2-4-6-19/h2-6,9-13,16H,7-8,14H2,1H3,(H,26,31)(H,27,32). The van der Waals surface area contributed by atoms with E-state index in [1.807, 2.05) is 30.3 Å². The van der Waals surface area contributed by atoms with Crippen LogP contribution in [0.4, 0.5) is 11.4 Å². The van der Waals surface area contributed by atoms with Crippen LogP contribution >= 0.6 is 0 Å². The number of hydrogen-bond acceptors (Lipinski definition) is 5. The smallest absolute Gasteiger partial charge is 0.293 e. The number of hydrogen-bond donors (Lipinski definition) is 2. The van der Waals surface area contributed by atoms with Crippen LogP contribution in [0.25, 0.3) is 16.6 Å². The monoisotopic (exact) mass is 442 g/mol. The minimum Gasteiger partial charge on any atom is -0.326 e. The zero-order chi connectivity index (χ0) is 22.9. The number of nitrogens with zero attached hydrogens (tertiary/aromatic N) is 4. The van der Waals surface area contributed by atoms with Gasteiger partial charge in [-0.15, -0.1) is 0 Å². The van der Waals surface area contributed by atoms with Gasteiger partial charge in [-0.1, -0.05) is 18.2 Å². The summed E-state index contributed by atoms with van der Waals surface area (Å²) < 4.78 is 2.83. The van der Waals surface area contributed by atoms with Crippen LogP contribution in [0, 0.1) is 0 Å². The van der Waals surface area contributed by atoms with Crippen molar-refractivity contribution in [1.29, 1.82) is 0 Å². The molecule has 2 N–H and O–H groups in total. The third kappa shape index (κ3) is 4.25. The van der Waals surface area contributed by atoms with Crippen LogP contribution in [-0.2, 0) is 16.1 Å². The topological polar surface area (TPSA) is 111 Å². The lowest BCUT2D eigenvalue weighted by Gasteiger charge is -2.11. The number of fused-ring (bicyclic) bond motifs is 1. The third-order valence-corrected chi connectivity index (χ3v) is 5.46. The Bertz CT molecular complexity index is 1400. The van der Waals surface area contributed by atoms with Crippen LogP contribution in [0.2, 0.25) is 0 Å². The maximum absolute atomic E-state index is 13.3. The van der Waals surface area contributed by atoms with Gasteiger partial charge in [0.15, 0.2) is 0 Å². The first kappa shape index (κ1) is 20.6. The van der Waals surface area contributed by atoms with Crippen LogP contribution in [-0.4, -0.2) is 31.4 Å². The van der Waals surface area contributed by atoms with E-state index in [0.29, 0.717) is 16.9 Å². The van der Waals surface area contributed by atoms with Crippen LogP contribution in [0.3, 0.4) is 0 Å². The summed E-state index contributed by atoms with van der Waals surface area (Å²) in [5.41, 5.74) is 2.82. The molecule has 1 aliphatic rings. The van der Waals surface area contributed by atoms with Gasteiger partial charge < -0.3 is 10.6 Å². The number of aromatic nitrogens is 4. The molecule has 9 nitrogen and oxygen atoms in total. The molecule has 2 aromatic carbocycles. The normalized spacial score (nSPS) is 13.1. The zero-order valence-electron chi connectivity index (χ0n) is 18.0. The second kappa shape index (κ2) is 8.34. The van der Waals surface area contributed by atoms with Gasteiger partial charge in [-0.25, -0.2) is 9.36 Å². The van der Waals surface area contributed by atoms with Crippen molar-refractivity contribution in [3.63, 3.8) is 0 Å². The van der Waals surface area contributed by atoms with Crippen LogP contribution in [0.1, 0.15) is 31.4 Å². The summed E-state index contributed by atoms with van der Waals surface area (Å²) in [6, 6.07) is 16.2. The lowest BCUT2D eigenvalue weighted by molar-refractivity contribution is -0.117. The van der Waals surface area contributed by atoms with Gasteiger partial charge in [0.2, 0.25) is 11.8 Å². The van der Waals surface area contributed by atoms with Gasteiger partial charge >= 0.3 is 0 Å². The molecule has 0 saturated heterocycles. The van der Waals surface area contributed by atoms with E-state index >= 15 is 0 Å². The molecule has 0 aliphatic heterocycles. The largest absolute Gasteiger partial charge is 0.326 e. The third-order valence-electron chi connectivity index (χ3n) is 5.46. The van der Waals surface area contributed by atoms with Gasteiger partial charge in [0.25, 0.3) is 5.56 Å². The van der Waals surface area contributed by atoms with E-state index in [1.54, 1.807) is 35.1 Å². The highest BCUT2D eigenvalue weighted by Crippen LogP contribution is 2.41. The summed E-state index contributed by atoms with van der Waals surface area (Å²) >= 11 is 0. The van der Waals surface area contributed by atoms with Gasteiger partial charge in [0.1, 0.15) is 12.1 Å². The molecule has 1 saturated carbocycles. The first-order valence-electron chi connectivity index (χ1n) is 10.7. The number of anilines is 2. The van der Waals surface area contributed by atoms with E-state index < -0.39 is 0 Å². The predicted octanol–water partition coefficient (Wildman–Crippen LogP) is 3.06.